The molecule has 3 rings (SSSR count). The molecule has 1 atom stereocenters. The third-order valence-corrected chi connectivity index (χ3v) is 4.83. The molecule has 0 saturated carbocycles. The fourth-order valence-electron chi connectivity index (χ4n) is 3.54. The van der Waals surface area contributed by atoms with Crippen LogP contribution in [0.5, 0.6) is 0 Å². The maximum absolute atomic E-state index is 13.0. The zero-order valence-electron chi connectivity index (χ0n) is 13.7. The number of methoxy groups -OCH3 is 1. The summed E-state index contributed by atoms with van der Waals surface area (Å²) in [5.41, 5.74) is 3.11. The number of rotatable bonds is 3. The van der Waals surface area contributed by atoms with Crippen LogP contribution in [0.25, 0.3) is 0 Å². The fraction of sp³-hybridized carbons (Fsp3) is 0.611. The molecule has 2 heterocycles. The van der Waals surface area contributed by atoms with E-state index in [0.29, 0.717) is 6.54 Å². The lowest BCUT2D eigenvalue weighted by molar-refractivity contribution is 0.0269. The molecule has 1 aromatic carbocycles. The summed E-state index contributed by atoms with van der Waals surface area (Å²) >= 11 is 0. The minimum Gasteiger partial charge on any atom is -0.380 e. The third kappa shape index (κ3) is 3.12. The molecule has 1 amide bonds. The predicted octanol–water partition coefficient (Wildman–Crippen LogP) is 2.85. The van der Waals surface area contributed by atoms with E-state index in [4.69, 9.17) is 4.74 Å². The quantitative estimate of drug-likeness (QED) is 0.861. The van der Waals surface area contributed by atoms with Crippen LogP contribution in [0.2, 0.25) is 0 Å². The lowest BCUT2D eigenvalue weighted by Crippen LogP contribution is -2.43. The zero-order chi connectivity index (χ0) is 15.5. The van der Waals surface area contributed by atoms with Gasteiger partial charge >= 0.3 is 0 Å². The number of anilines is 1. The van der Waals surface area contributed by atoms with Gasteiger partial charge in [0.25, 0.3) is 5.91 Å². The van der Waals surface area contributed by atoms with Crippen LogP contribution in [0.4, 0.5) is 5.69 Å². The molecule has 2 saturated heterocycles. The standard InChI is InChI=1S/C18H26N2O2/c1-14-7-8-17(19-9-3-4-10-19)16(12-14)18(21)20-11-5-6-15(13-20)22-2/h7-8,12,15H,3-6,9-11,13H2,1-2H3. The van der Waals surface area contributed by atoms with Crippen LogP contribution < -0.4 is 4.90 Å². The molecule has 120 valence electrons. The van der Waals surface area contributed by atoms with Crippen LogP contribution >= 0.6 is 0 Å². The topological polar surface area (TPSA) is 32.8 Å². The van der Waals surface area contributed by atoms with Gasteiger partial charge in [0, 0.05) is 39.0 Å². The van der Waals surface area contributed by atoms with E-state index < -0.39 is 0 Å². The van der Waals surface area contributed by atoms with Crippen LogP contribution in [-0.4, -0.2) is 50.2 Å². The molecule has 4 heteroatoms. The molecule has 0 aliphatic carbocycles. The van der Waals surface area contributed by atoms with Crippen LogP contribution in [0.1, 0.15) is 41.6 Å². The molecule has 2 fully saturated rings. The van der Waals surface area contributed by atoms with Crippen molar-refractivity contribution in [1.82, 2.24) is 4.90 Å². The van der Waals surface area contributed by atoms with Gasteiger partial charge < -0.3 is 14.5 Å². The molecule has 2 aliphatic rings. The van der Waals surface area contributed by atoms with Gasteiger partial charge in [-0.3, -0.25) is 4.79 Å². The van der Waals surface area contributed by atoms with Gasteiger partial charge in [0.15, 0.2) is 0 Å². The van der Waals surface area contributed by atoms with Crippen molar-refractivity contribution in [1.29, 1.82) is 0 Å². The highest BCUT2D eigenvalue weighted by Gasteiger charge is 2.27. The molecule has 4 nitrogen and oxygen atoms in total. The Labute approximate surface area is 133 Å². The molecule has 0 spiro atoms. The average molecular weight is 302 g/mol. The first kappa shape index (κ1) is 15.3. The Hall–Kier alpha value is -1.55. The summed E-state index contributed by atoms with van der Waals surface area (Å²) in [6.45, 7) is 5.72. The van der Waals surface area contributed by atoms with Gasteiger partial charge in [-0.25, -0.2) is 0 Å². The second-order valence-electron chi connectivity index (χ2n) is 6.47. The van der Waals surface area contributed by atoms with E-state index in [1.54, 1.807) is 7.11 Å². The number of ether oxygens (including phenoxy) is 1. The van der Waals surface area contributed by atoms with Crippen LogP contribution in [0.15, 0.2) is 18.2 Å². The summed E-state index contributed by atoms with van der Waals surface area (Å²) in [5, 5.41) is 0. The van der Waals surface area contributed by atoms with E-state index in [-0.39, 0.29) is 12.0 Å². The number of aryl methyl sites for hydroxylation is 1. The Morgan fingerprint density at radius 3 is 2.68 bits per heavy atom. The first-order valence-corrected chi connectivity index (χ1v) is 8.36. The molecule has 0 radical (unpaired) electrons. The van der Waals surface area contributed by atoms with Crippen molar-refractivity contribution in [3.05, 3.63) is 29.3 Å². The predicted molar refractivity (Wildman–Crippen MR) is 88.6 cm³/mol. The molecule has 0 N–H and O–H groups in total. The van der Waals surface area contributed by atoms with E-state index in [1.165, 1.54) is 12.8 Å². The van der Waals surface area contributed by atoms with Crippen LogP contribution in [0, 0.1) is 6.92 Å². The Bertz CT molecular complexity index is 538. The van der Waals surface area contributed by atoms with Crippen molar-refractivity contribution in [3.8, 4) is 0 Å². The lowest BCUT2D eigenvalue weighted by Gasteiger charge is -2.33. The monoisotopic (exact) mass is 302 g/mol. The Balaban J connectivity index is 1.85. The normalized spacial score (nSPS) is 22.2. The number of nitrogens with zero attached hydrogens (tertiary/aromatic N) is 2. The number of hydrogen-bond donors (Lipinski definition) is 0. The number of carbonyl (C=O) groups is 1. The third-order valence-electron chi connectivity index (χ3n) is 4.83. The first-order chi connectivity index (χ1) is 10.7. The zero-order valence-corrected chi connectivity index (χ0v) is 13.7. The maximum atomic E-state index is 13.0. The van der Waals surface area contributed by atoms with Crippen molar-refractivity contribution < 1.29 is 9.53 Å². The first-order valence-electron chi connectivity index (χ1n) is 8.36. The van der Waals surface area contributed by atoms with Gasteiger partial charge in [-0.15, -0.1) is 0 Å². The van der Waals surface area contributed by atoms with E-state index in [0.717, 1.165) is 49.3 Å². The summed E-state index contributed by atoms with van der Waals surface area (Å²) < 4.78 is 5.46. The highest BCUT2D eigenvalue weighted by molar-refractivity contribution is 6.00. The van der Waals surface area contributed by atoms with E-state index in [2.05, 4.69) is 24.0 Å². The molecule has 2 aliphatic heterocycles. The number of hydrogen-bond acceptors (Lipinski definition) is 3. The second kappa shape index (κ2) is 6.69. The average Bonchev–Trinajstić information content (AvgIpc) is 3.08. The molecular formula is C18H26N2O2. The molecule has 0 aromatic heterocycles. The Morgan fingerprint density at radius 2 is 1.95 bits per heavy atom. The number of benzene rings is 1. The van der Waals surface area contributed by atoms with Crippen molar-refractivity contribution in [2.45, 2.75) is 38.7 Å². The number of likely N-dealkylation sites (tertiary alicyclic amines) is 1. The lowest BCUT2D eigenvalue weighted by atomic mass is 10.0. The minimum atomic E-state index is 0.160. The Morgan fingerprint density at radius 1 is 1.18 bits per heavy atom. The van der Waals surface area contributed by atoms with Gasteiger partial charge in [0.2, 0.25) is 0 Å². The summed E-state index contributed by atoms with van der Waals surface area (Å²) in [6, 6.07) is 6.27. The SMILES string of the molecule is COC1CCCN(C(=O)c2cc(C)ccc2N2CCCC2)C1. The van der Waals surface area contributed by atoms with E-state index >= 15 is 0 Å². The summed E-state index contributed by atoms with van der Waals surface area (Å²) in [7, 11) is 1.74. The molecule has 22 heavy (non-hydrogen) atoms. The Kier molecular flexibility index (Phi) is 4.67. The van der Waals surface area contributed by atoms with Crippen LogP contribution in [0.3, 0.4) is 0 Å². The fourth-order valence-corrected chi connectivity index (χ4v) is 3.54. The van der Waals surface area contributed by atoms with Gasteiger partial charge in [-0.2, -0.15) is 0 Å². The molecule has 1 unspecified atom stereocenters. The maximum Gasteiger partial charge on any atom is 0.256 e. The highest BCUT2D eigenvalue weighted by atomic mass is 16.5. The summed E-state index contributed by atoms with van der Waals surface area (Å²) in [6.07, 6.45) is 4.69. The molecule has 1 aromatic rings. The van der Waals surface area contributed by atoms with Crippen molar-refractivity contribution >= 4 is 11.6 Å². The number of piperidine rings is 1. The number of amides is 1. The van der Waals surface area contributed by atoms with E-state index in [9.17, 15) is 4.79 Å². The van der Waals surface area contributed by atoms with E-state index in [1.807, 2.05) is 11.0 Å². The molecular weight excluding hydrogens is 276 g/mol. The van der Waals surface area contributed by atoms with Crippen LogP contribution in [-0.2, 0) is 4.74 Å². The van der Waals surface area contributed by atoms with Gasteiger partial charge in [-0.05, 0) is 44.7 Å². The van der Waals surface area contributed by atoms with Gasteiger partial charge in [0.1, 0.15) is 0 Å². The largest absolute Gasteiger partial charge is 0.380 e. The number of carbonyl (C=O) groups excluding carboxylic acids is 1. The van der Waals surface area contributed by atoms with Crippen molar-refractivity contribution in [3.63, 3.8) is 0 Å². The summed E-state index contributed by atoms with van der Waals surface area (Å²) in [5.74, 6) is 0.160. The second-order valence-corrected chi connectivity index (χ2v) is 6.47. The molecule has 0 bridgehead atoms. The van der Waals surface area contributed by atoms with Gasteiger partial charge in [0.05, 0.1) is 11.7 Å². The smallest absolute Gasteiger partial charge is 0.256 e. The highest BCUT2D eigenvalue weighted by Crippen LogP contribution is 2.28. The minimum absolute atomic E-state index is 0.160. The van der Waals surface area contributed by atoms with Gasteiger partial charge in [-0.1, -0.05) is 11.6 Å². The van der Waals surface area contributed by atoms with Crippen molar-refractivity contribution in [2.24, 2.45) is 0 Å². The summed E-state index contributed by atoms with van der Waals surface area (Å²) in [4.78, 5) is 17.4. The van der Waals surface area contributed by atoms with Crippen molar-refractivity contribution in [2.75, 3.05) is 38.2 Å².